The zero-order chi connectivity index (χ0) is 19.9. The molecule has 0 unspecified atom stereocenters. The second kappa shape index (κ2) is 9.59. The quantitative estimate of drug-likeness (QED) is 0.644. The summed E-state index contributed by atoms with van der Waals surface area (Å²) in [6.07, 6.45) is 6.37. The fourth-order valence-electron chi connectivity index (χ4n) is 3.65. The van der Waals surface area contributed by atoms with Crippen LogP contribution >= 0.6 is 0 Å². The molecule has 0 spiro atoms. The second-order valence-electron chi connectivity index (χ2n) is 7.59. The number of aromatic hydroxyl groups is 1. The number of aromatic nitrogens is 2. The van der Waals surface area contributed by atoms with Crippen LogP contribution in [0.5, 0.6) is 11.5 Å². The first-order chi connectivity index (χ1) is 13.6. The summed E-state index contributed by atoms with van der Waals surface area (Å²) >= 11 is 0. The molecule has 2 aromatic rings. The Hall–Kier alpha value is -2.54. The van der Waals surface area contributed by atoms with Crippen LogP contribution in [0.25, 0.3) is 0 Å². The molecule has 152 valence electrons. The summed E-state index contributed by atoms with van der Waals surface area (Å²) < 4.78 is 5.17. The number of hydrogen-bond donors (Lipinski definition) is 3. The van der Waals surface area contributed by atoms with Crippen LogP contribution in [0.3, 0.4) is 0 Å². The Kier molecular flexibility index (Phi) is 6.92. The van der Waals surface area contributed by atoms with Crippen molar-refractivity contribution in [2.75, 3.05) is 38.0 Å². The number of phenols is 1. The number of methoxy groups -OCH3 is 1. The van der Waals surface area contributed by atoms with Crippen LogP contribution in [-0.2, 0) is 6.54 Å². The Balaban J connectivity index is 1.42. The Morgan fingerprint density at radius 2 is 1.96 bits per heavy atom. The number of phenolic OH excluding ortho intramolecular Hbond substituents is 1. The van der Waals surface area contributed by atoms with Crippen molar-refractivity contribution in [3.63, 3.8) is 0 Å². The molecule has 1 aliphatic rings. The van der Waals surface area contributed by atoms with E-state index in [-0.39, 0.29) is 5.75 Å². The van der Waals surface area contributed by atoms with Crippen LogP contribution in [0.1, 0.15) is 31.2 Å². The molecular formula is C21H31N5O2. The van der Waals surface area contributed by atoms with Gasteiger partial charge < -0.3 is 25.4 Å². The van der Waals surface area contributed by atoms with Crippen molar-refractivity contribution < 1.29 is 9.84 Å². The number of para-hydroxylation sites is 1. The molecule has 0 amide bonds. The van der Waals surface area contributed by atoms with Crippen molar-refractivity contribution >= 4 is 11.8 Å². The monoisotopic (exact) mass is 385 g/mol. The summed E-state index contributed by atoms with van der Waals surface area (Å²) in [4.78, 5) is 10.9. The van der Waals surface area contributed by atoms with Gasteiger partial charge in [0.05, 0.1) is 7.11 Å². The number of anilines is 2. The Bertz CT molecular complexity index is 760. The molecule has 0 bridgehead atoms. The van der Waals surface area contributed by atoms with E-state index in [0.717, 1.165) is 30.8 Å². The number of ether oxygens (including phenoxy) is 1. The van der Waals surface area contributed by atoms with Gasteiger partial charge in [-0.2, -0.15) is 4.98 Å². The van der Waals surface area contributed by atoms with Gasteiger partial charge in [0.25, 0.3) is 0 Å². The van der Waals surface area contributed by atoms with E-state index >= 15 is 0 Å². The summed E-state index contributed by atoms with van der Waals surface area (Å²) in [6.45, 7) is 1.60. The predicted molar refractivity (Wildman–Crippen MR) is 112 cm³/mol. The van der Waals surface area contributed by atoms with Crippen molar-refractivity contribution in [2.45, 2.75) is 38.3 Å². The van der Waals surface area contributed by atoms with Crippen molar-refractivity contribution in [3.05, 3.63) is 36.0 Å². The molecule has 1 fully saturated rings. The van der Waals surface area contributed by atoms with E-state index in [1.54, 1.807) is 19.4 Å². The van der Waals surface area contributed by atoms with Crippen molar-refractivity contribution in [3.8, 4) is 11.5 Å². The van der Waals surface area contributed by atoms with Crippen molar-refractivity contribution in [2.24, 2.45) is 5.92 Å². The lowest BCUT2D eigenvalue weighted by atomic mass is 9.86. The standard InChI is InChI=1S/C21H31N5O2/c1-26(2)19-11-12-23-21(25-19)24-17-9-7-15(8-10-17)13-22-14-16-5-4-6-18(28-3)20(16)27/h4-6,11-12,15,17,22,27H,7-10,13-14H2,1-3H3,(H,23,24,25)/t15-,17+. The average Bonchev–Trinajstić information content (AvgIpc) is 2.71. The molecule has 0 aliphatic heterocycles. The fraction of sp³-hybridized carbons (Fsp3) is 0.524. The SMILES string of the molecule is COc1cccc(CNC[C@H]2CC[C@@H](Nc3nccc(N(C)C)n3)CC2)c1O. The van der Waals surface area contributed by atoms with Gasteiger partial charge in [-0.05, 0) is 50.3 Å². The highest BCUT2D eigenvalue weighted by Gasteiger charge is 2.21. The highest BCUT2D eigenvalue weighted by molar-refractivity contribution is 5.45. The van der Waals surface area contributed by atoms with Gasteiger partial charge in [-0.25, -0.2) is 4.98 Å². The van der Waals surface area contributed by atoms with E-state index in [4.69, 9.17) is 4.74 Å². The third-order valence-electron chi connectivity index (χ3n) is 5.33. The van der Waals surface area contributed by atoms with Crippen molar-refractivity contribution in [1.82, 2.24) is 15.3 Å². The lowest BCUT2D eigenvalue weighted by Gasteiger charge is -2.29. The van der Waals surface area contributed by atoms with Crippen LogP contribution in [-0.4, -0.2) is 48.9 Å². The first-order valence-corrected chi connectivity index (χ1v) is 9.89. The molecule has 7 nitrogen and oxygen atoms in total. The Labute approximate surface area is 167 Å². The molecule has 28 heavy (non-hydrogen) atoms. The van der Waals surface area contributed by atoms with Gasteiger partial charge >= 0.3 is 0 Å². The minimum absolute atomic E-state index is 0.227. The Morgan fingerprint density at radius 1 is 1.18 bits per heavy atom. The van der Waals surface area contributed by atoms with E-state index < -0.39 is 0 Å². The molecule has 7 heteroatoms. The summed E-state index contributed by atoms with van der Waals surface area (Å²) in [5, 5.41) is 17.1. The summed E-state index contributed by atoms with van der Waals surface area (Å²) in [5.41, 5.74) is 0.868. The lowest BCUT2D eigenvalue weighted by molar-refractivity contribution is 0.322. The Morgan fingerprint density at radius 3 is 2.68 bits per heavy atom. The molecule has 1 aromatic carbocycles. The molecule has 3 rings (SSSR count). The fourth-order valence-corrected chi connectivity index (χ4v) is 3.65. The first-order valence-electron chi connectivity index (χ1n) is 9.89. The summed E-state index contributed by atoms with van der Waals surface area (Å²) in [7, 11) is 5.53. The minimum Gasteiger partial charge on any atom is -0.504 e. The molecule has 1 saturated carbocycles. The number of nitrogens with one attached hydrogen (secondary N) is 2. The number of hydrogen-bond acceptors (Lipinski definition) is 7. The van der Waals surface area contributed by atoms with Gasteiger partial charge in [0, 0.05) is 38.4 Å². The highest BCUT2D eigenvalue weighted by atomic mass is 16.5. The van der Waals surface area contributed by atoms with Crippen LogP contribution in [0, 0.1) is 5.92 Å². The molecule has 3 N–H and O–H groups in total. The zero-order valence-corrected chi connectivity index (χ0v) is 17.0. The lowest BCUT2D eigenvalue weighted by Crippen LogP contribution is -2.31. The molecule has 0 saturated heterocycles. The largest absolute Gasteiger partial charge is 0.504 e. The van der Waals surface area contributed by atoms with Gasteiger partial charge in [0.1, 0.15) is 5.82 Å². The molecule has 0 atom stereocenters. The van der Waals surface area contributed by atoms with E-state index in [0.29, 0.717) is 30.2 Å². The summed E-state index contributed by atoms with van der Waals surface area (Å²) in [5.74, 6) is 3.02. The number of nitrogens with zero attached hydrogens (tertiary/aromatic N) is 3. The second-order valence-corrected chi connectivity index (χ2v) is 7.59. The van der Waals surface area contributed by atoms with Crippen molar-refractivity contribution in [1.29, 1.82) is 0 Å². The number of rotatable bonds is 8. The third-order valence-corrected chi connectivity index (χ3v) is 5.33. The van der Waals surface area contributed by atoms with Gasteiger partial charge in [0.2, 0.25) is 5.95 Å². The molecule has 0 radical (unpaired) electrons. The molecular weight excluding hydrogens is 354 g/mol. The van der Waals surface area contributed by atoms with Gasteiger partial charge in [-0.1, -0.05) is 12.1 Å². The normalized spacial score (nSPS) is 19.2. The highest BCUT2D eigenvalue weighted by Crippen LogP contribution is 2.30. The van der Waals surface area contributed by atoms with E-state index in [1.165, 1.54) is 12.8 Å². The maximum Gasteiger partial charge on any atom is 0.224 e. The van der Waals surface area contributed by atoms with Gasteiger partial charge in [0.15, 0.2) is 11.5 Å². The van der Waals surface area contributed by atoms with E-state index in [1.807, 2.05) is 37.2 Å². The molecule has 1 heterocycles. The predicted octanol–water partition coefficient (Wildman–Crippen LogP) is 3.02. The van der Waals surface area contributed by atoms with Gasteiger partial charge in [-0.15, -0.1) is 0 Å². The maximum atomic E-state index is 10.2. The van der Waals surface area contributed by atoms with Crippen LogP contribution in [0.2, 0.25) is 0 Å². The van der Waals surface area contributed by atoms with Crippen LogP contribution in [0.15, 0.2) is 30.5 Å². The minimum atomic E-state index is 0.227. The van der Waals surface area contributed by atoms with E-state index in [2.05, 4.69) is 20.6 Å². The topological polar surface area (TPSA) is 82.5 Å². The number of benzene rings is 1. The zero-order valence-electron chi connectivity index (χ0n) is 17.0. The van der Waals surface area contributed by atoms with E-state index in [9.17, 15) is 5.11 Å². The van der Waals surface area contributed by atoms with Crippen LogP contribution < -0.4 is 20.3 Å². The average molecular weight is 386 g/mol. The van der Waals surface area contributed by atoms with Crippen LogP contribution in [0.4, 0.5) is 11.8 Å². The maximum absolute atomic E-state index is 10.2. The molecule has 1 aromatic heterocycles. The smallest absolute Gasteiger partial charge is 0.224 e. The molecule has 1 aliphatic carbocycles. The van der Waals surface area contributed by atoms with Gasteiger partial charge in [-0.3, -0.25) is 0 Å². The third kappa shape index (κ3) is 5.25. The summed E-state index contributed by atoms with van der Waals surface area (Å²) in [6, 6.07) is 7.93. The first kappa shape index (κ1) is 20.2.